The van der Waals surface area contributed by atoms with Gasteiger partial charge in [0.2, 0.25) is 0 Å². The molecule has 0 aliphatic carbocycles. The summed E-state index contributed by atoms with van der Waals surface area (Å²) in [5.74, 6) is 1.71. The van der Waals surface area contributed by atoms with Crippen LogP contribution in [-0.2, 0) is 0 Å². The molecule has 110 valence electrons. The number of methoxy groups -OCH3 is 2. The van der Waals surface area contributed by atoms with Crippen LogP contribution in [0.15, 0.2) is 18.2 Å². The molecule has 0 aromatic heterocycles. The van der Waals surface area contributed by atoms with Gasteiger partial charge in [-0.3, -0.25) is 4.79 Å². The van der Waals surface area contributed by atoms with Crippen LogP contribution in [0.3, 0.4) is 0 Å². The number of hydrogen-bond acceptors (Lipinski definition) is 4. The Morgan fingerprint density at radius 1 is 1.20 bits per heavy atom. The maximum absolute atomic E-state index is 12.3. The maximum atomic E-state index is 12.3. The topological polar surface area (TPSA) is 59.6 Å². The van der Waals surface area contributed by atoms with Gasteiger partial charge in [-0.05, 0) is 31.0 Å². The molecule has 20 heavy (non-hydrogen) atoms. The molecule has 0 bridgehead atoms. The van der Waals surface area contributed by atoms with E-state index in [1.54, 1.807) is 32.4 Å². The molecule has 1 aliphatic heterocycles. The number of rotatable bonds is 4. The van der Waals surface area contributed by atoms with E-state index in [4.69, 9.17) is 9.47 Å². The van der Waals surface area contributed by atoms with E-state index >= 15 is 0 Å². The highest BCUT2D eigenvalue weighted by molar-refractivity contribution is 5.95. The normalized spacial score (nSPS) is 22.1. The van der Waals surface area contributed by atoms with Gasteiger partial charge in [0, 0.05) is 24.2 Å². The highest BCUT2D eigenvalue weighted by Gasteiger charge is 2.21. The Labute approximate surface area is 119 Å². The summed E-state index contributed by atoms with van der Waals surface area (Å²) < 4.78 is 10.4. The number of benzene rings is 1. The van der Waals surface area contributed by atoms with Crippen molar-refractivity contribution < 1.29 is 14.3 Å². The molecular formula is C15H22N2O3. The Bertz CT molecular complexity index is 454. The highest BCUT2D eigenvalue weighted by Crippen LogP contribution is 2.22. The Kier molecular flexibility index (Phi) is 4.84. The number of carbonyl (C=O) groups is 1. The maximum Gasteiger partial charge on any atom is 0.251 e. The Hall–Kier alpha value is -1.75. The van der Waals surface area contributed by atoms with Gasteiger partial charge in [-0.2, -0.15) is 0 Å². The van der Waals surface area contributed by atoms with Crippen LogP contribution < -0.4 is 20.1 Å². The summed E-state index contributed by atoms with van der Waals surface area (Å²) >= 11 is 0. The minimum Gasteiger partial charge on any atom is -0.497 e. The van der Waals surface area contributed by atoms with E-state index in [-0.39, 0.29) is 11.9 Å². The molecule has 2 atom stereocenters. The van der Waals surface area contributed by atoms with Crippen LogP contribution in [-0.4, -0.2) is 39.3 Å². The number of hydrogen-bond donors (Lipinski definition) is 2. The average molecular weight is 278 g/mol. The molecule has 1 aliphatic rings. The van der Waals surface area contributed by atoms with Gasteiger partial charge >= 0.3 is 0 Å². The number of ether oxygens (including phenoxy) is 2. The first-order chi connectivity index (χ1) is 9.62. The van der Waals surface area contributed by atoms with E-state index in [9.17, 15) is 4.79 Å². The van der Waals surface area contributed by atoms with E-state index in [0.717, 1.165) is 19.5 Å². The second-order valence-corrected chi connectivity index (χ2v) is 5.27. The standard InChI is InChI=1S/C15H22N2O3/c1-10-4-12(9-16-8-10)17-15(18)11-5-13(19-2)7-14(6-11)20-3/h5-7,10,12,16H,4,8-9H2,1-3H3,(H,17,18). The van der Waals surface area contributed by atoms with Crippen LogP contribution >= 0.6 is 0 Å². The second kappa shape index (κ2) is 6.61. The SMILES string of the molecule is COc1cc(OC)cc(C(=O)NC2CNCC(C)C2)c1. The van der Waals surface area contributed by atoms with Gasteiger partial charge in [0.25, 0.3) is 5.91 Å². The molecule has 0 radical (unpaired) electrons. The summed E-state index contributed by atoms with van der Waals surface area (Å²) in [6.45, 7) is 4.01. The Balaban J connectivity index is 2.08. The summed E-state index contributed by atoms with van der Waals surface area (Å²) in [7, 11) is 3.15. The molecule has 0 spiro atoms. The quantitative estimate of drug-likeness (QED) is 0.875. The molecule has 0 saturated carbocycles. The van der Waals surface area contributed by atoms with Gasteiger partial charge in [0.1, 0.15) is 11.5 Å². The first kappa shape index (κ1) is 14.7. The first-order valence-electron chi connectivity index (χ1n) is 6.87. The van der Waals surface area contributed by atoms with Crippen LogP contribution in [0.2, 0.25) is 0 Å². The van der Waals surface area contributed by atoms with Crippen molar-refractivity contribution in [3.05, 3.63) is 23.8 Å². The zero-order chi connectivity index (χ0) is 14.5. The van der Waals surface area contributed by atoms with Gasteiger partial charge in [0.05, 0.1) is 14.2 Å². The van der Waals surface area contributed by atoms with E-state index < -0.39 is 0 Å². The lowest BCUT2D eigenvalue weighted by Crippen LogP contribution is -2.48. The molecule has 1 fully saturated rings. The fourth-order valence-electron chi connectivity index (χ4n) is 2.47. The van der Waals surface area contributed by atoms with E-state index in [0.29, 0.717) is 23.0 Å². The Morgan fingerprint density at radius 3 is 2.40 bits per heavy atom. The van der Waals surface area contributed by atoms with Crippen molar-refractivity contribution in [1.29, 1.82) is 0 Å². The third-order valence-electron chi connectivity index (χ3n) is 3.52. The Morgan fingerprint density at radius 2 is 1.85 bits per heavy atom. The van der Waals surface area contributed by atoms with Gasteiger partial charge in [-0.15, -0.1) is 0 Å². The van der Waals surface area contributed by atoms with Gasteiger partial charge < -0.3 is 20.1 Å². The predicted molar refractivity (Wildman–Crippen MR) is 77.5 cm³/mol. The van der Waals surface area contributed by atoms with E-state index in [2.05, 4.69) is 17.6 Å². The minimum absolute atomic E-state index is 0.0944. The molecule has 1 amide bonds. The summed E-state index contributed by atoms with van der Waals surface area (Å²) in [5.41, 5.74) is 0.555. The van der Waals surface area contributed by atoms with E-state index in [1.807, 2.05) is 0 Å². The number of amides is 1. The average Bonchev–Trinajstić information content (AvgIpc) is 2.46. The summed E-state index contributed by atoms with van der Waals surface area (Å²) in [6.07, 6.45) is 1.000. The van der Waals surface area contributed by atoms with Crippen LogP contribution in [0.4, 0.5) is 0 Å². The zero-order valence-corrected chi connectivity index (χ0v) is 12.2. The molecule has 2 rings (SSSR count). The van der Waals surface area contributed by atoms with Crippen molar-refractivity contribution in [3.63, 3.8) is 0 Å². The third kappa shape index (κ3) is 3.63. The van der Waals surface area contributed by atoms with Gasteiger partial charge in [-0.25, -0.2) is 0 Å². The molecule has 1 heterocycles. The lowest BCUT2D eigenvalue weighted by Gasteiger charge is -2.28. The second-order valence-electron chi connectivity index (χ2n) is 5.27. The minimum atomic E-state index is -0.0944. The third-order valence-corrected chi connectivity index (χ3v) is 3.52. The molecule has 2 unspecified atom stereocenters. The summed E-state index contributed by atoms with van der Waals surface area (Å²) in [4.78, 5) is 12.3. The molecule has 2 N–H and O–H groups in total. The van der Waals surface area contributed by atoms with Crippen LogP contribution in [0.5, 0.6) is 11.5 Å². The largest absolute Gasteiger partial charge is 0.497 e. The summed E-state index contributed by atoms with van der Waals surface area (Å²) in [6, 6.07) is 5.36. The van der Waals surface area contributed by atoms with Crippen LogP contribution in [0.1, 0.15) is 23.7 Å². The fraction of sp³-hybridized carbons (Fsp3) is 0.533. The smallest absolute Gasteiger partial charge is 0.251 e. The molecular weight excluding hydrogens is 256 g/mol. The number of piperidine rings is 1. The van der Waals surface area contributed by atoms with Crippen molar-refractivity contribution in [2.75, 3.05) is 27.3 Å². The van der Waals surface area contributed by atoms with E-state index in [1.165, 1.54) is 0 Å². The van der Waals surface area contributed by atoms with Gasteiger partial charge in [0.15, 0.2) is 0 Å². The van der Waals surface area contributed by atoms with Crippen LogP contribution in [0, 0.1) is 5.92 Å². The highest BCUT2D eigenvalue weighted by atomic mass is 16.5. The van der Waals surface area contributed by atoms with Crippen LogP contribution in [0.25, 0.3) is 0 Å². The zero-order valence-electron chi connectivity index (χ0n) is 12.2. The summed E-state index contributed by atoms with van der Waals surface area (Å²) in [5, 5.41) is 6.38. The fourth-order valence-corrected chi connectivity index (χ4v) is 2.47. The molecule has 5 nitrogen and oxygen atoms in total. The lowest BCUT2D eigenvalue weighted by atomic mass is 9.97. The van der Waals surface area contributed by atoms with Gasteiger partial charge in [-0.1, -0.05) is 6.92 Å². The molecule has 1 aromatic rings. The molecule has 1 aromatic carbocycles. The number of nitrogens with one attached hydrogen (secondary N) is 2. The lowest BCUT2D eigenvalue weighted by molar-refractivity contribution is 0.0924. The van der Waals surface area contributed by atoms with Crippen molar-refractivity contribution in [2.24, 2.45) is 5.92 Å². The van der Waals surface area contributed by atoms with Crippen molar-refractivity contribution in [2.45, 2.75) is 19.4 Å². The predicted octanol–water partition coefficient (Wildman–Crippen LogP) is 1.43. The monoisotopic (exact) mass is 278 g/mol. The van der Waals surface area contributed by atoms with Crippen molar-refractivity contribution >= 4 is 5.91 Å². The molecule has 5 heteroatoms. The number of carbonyl (C=O) groups excluding carboxylic acids is 1. The van der Waals surface area contributed by atoms with Crippen molar-refractivity contribution in [3.8, 4) is 11.5 Å². The molecule has 1 saturated heterocycles. The first-order valence-corrected chi connectivity index (χ1v) is 6.87. The van der Waals surface area contributed by atoms with Crippen molar-refractivity contribution in [1.82, 2.24) is 10.6 Å².